The summed E-state index contributed by atoms with van der Waals surface area (Å²) < 4.78 is 5.28. The highest BCUT2D eigenvalue weighted by atomic mass is 16.5. The first-order valence-corrected chi connectivity index (χ1v) is 6.04. The van der Waals surface area contributed by atoms with Gasteiger partial charge in [0.2, 0.25) is 0 Å². The van der Waals surface area contributed by atoms with Gasteiger partial charge in [0.1, 0.15) is 11.6 Å². The number of methoxy groups -OCH3 is 1. The Hall–Kier alpha value is -1.81. The molecule has 0 aliphatic heterocycles. The first-order valence-electron chi connectivity index (χ1n) is 6.04. The molecule has 1 aromatic heterocycles. The van der Waals surface area contributed by atoms with E-state index >= 15 is 0 Å². The number of hydrogen-bond acceptors (Lipinski definition) is 4. The molecule has 0 bridgehead atoms. The summed E-state index contributed by atoms with van der Waals surface area (Å²) >= 11 is 0. The molecule has 1 heterocycles. The number of fused-ring (bicyclic) bond motifs is 1. The topological polar surface area (TPSA) is 37.4 Å². The summed E-state index contributed by atoms with van der Waals surface area (Å²) in [5.41, 5.74) is 0. The van der Waals surface area contributed by atoms with E-state index in [2.05, 4.69) is 28.3 Å². The van der Waals surface area contributed by atoms with Gasteiger partial charge in [0.15, 0.2) is 0 Å². The third-order valence-electron chi connectivity index (χ3n) is 3.01. The normalized spacial score (nSPS) is 10.6. The molecule has 4 nitrogen and oxygen atoms in total. The third kappa shape index (κ3) is 2.54. The lowest BCUT2D eigenvalue weighted by atomic mass is 10.1. The van der Waals surface area contributed by atoms with Crippen molar-refractivity contribution >= 4 is 16.6 Å². The second kappa shape index (κ2) is 5.69. The lowest BCUT2D eigenvalue weighted by Gasteiger charge is -2.19. The molecule has 0 spiro atoms. The van der Waals surface area contributed by atoms with Crippen molar-refractivity contribution in [3.05, 3.63) is 30.5 Å². The van der Waals surface area contributed by atoms with Crippen LogP contribution in [-0.4, -0.2) is 39.3 Å². The maximum atomic E-state index is 5.28. The van der Waals surface area contributed by atoms with Crippen LogP contribution in [0.25, 0.3) is 10.8 Å². The number of rotatable bonds is 5. The van der Waals surface area contributed by atoms with Gasteiger partial charge in [0.25, 0.3) is 0 Å². The summed E-state index contributed by atoms with van der Waals surface area (Å²) in [5, 5.41) is 5.44. The summed E-state index contributed by atoms with van der Waals surface area (Å²) in [4.78, 5) is 6.63. The van der Waals surface area contributed by atoms with Crippen molar-refractivity contribution in [3.63, 3.8) is 0 Å². The zero-order valence-corrected chi connectivity index (χ0v) is 11.1. The van der Waals surface area contributed by atoms with E-state index < -0.39 is 0 Å². The van der Waals surface area contributed by atoms with Gasteiger partial charge >= 0.3 is 0 Å². The van der Waals surface area contributed by atoms with Crippen molar-refractivity contribution in [3.8, 4) is 5.75 Å². The number of ether oxygens (including phenoxy) is 1. The van der Waals surface area contributed by atoms with Crippen molar-refractivity contribution in [2.75, 3.05) is 39.2 Å². The Labute approximate surface area is 108 Å². The number of anilines is 1. The molecular weight excluding hydrogens is 226 g/mol. The molecular formula is C14H19N3O. The fourth-order valence-corrected chi connectivity index (χ4v) is 1.95. The second-order valence-electron chi connectivity index (χ2n) is 4.25. The average Bonchev–Trinajstić information content (AvgIpc) is 2.43. The Morgan fingerprint density at radius 2 is 2.17 bits per heavy atom. The molecule has 1 N–H and O–H groups in total. The molecule has 0 unspecified atom stereocenters. The van der Waals surface area contributed by atoms with Crippen molar-refractivity contribution in [1.29, 1.82) is 0 Å². The van der Waals surface area contributed by atoms with Gasteiger partial charge in [-0.25, -0.2) is 4.98 Å². The highest BCUT2D eigenvalue weighted by Crippen LogP contribution is 2.27. The van der Waals surface area contributed by atoms with Crippen molar-refractivity contribution in [2.24, 2.45) is 0 Å². The van der Waals surface area contributed by atoms with Crippen LogP contribution >= 0.6 is 0 Å². The minimum atomic E-state index is 0.860. The van der Waals surface area contributed by atoms with Crippen molar-refractivity contribution < 1.29 is 4.74 Å². The lowest BCUT2D eigenvalue weighted by Crippen LogP contribution is -2.27. The van der Waals surface area contributed by atoms with Gasteiger partial charge in [-0.05, 0) is 30.6 Å². The van der Waals surface area contributed by atoms with Crippen LogP contribution in [0.2, 0.25) is 0 Å². The van der Waals surface area contributed by atoms with Crippen LogP contribution in [-0.2, 0) is 0 Å². The molecule has 4 heteroatoms. The molecule has 2 rings (SSSR count). The molecule has 2 aromatic rings. The van der Waals surface area contributed by atoms with E-state index in [4.69, 9.17) is 4.74 Å². The third-order valence-corrected chi connectivity index (χ3v) is 3.01. The van der Waals surface area contributed by atoms with Crippen LogP contribution in [0.1, 0.15) is 0 Å². The monoisotopic (exact) mass is 245 g/mol. The van der Waals surface area contributed by atoms with Gasteiger partial charge in [-0.2, -0.15) is 0 Å². The largest absolute Gasteiger partial charge is 0.497 e. The molecule has 18 heavy (non-hydrogen) atoms. The smallest absolute Gasteiger partial charge is 0.136 e. The van der Waals surface area contributed by atoms with Gasteiger partial charge in [0, 0.05) is 31.7 Å². The Morgan fingerprint density at radius 1 is 1.33 bits per heavy atom. The Bertz CT molecular complexity index is 527. The number of pyridine rings is 1. The van der Waals surface area contributed by atoms with Crippen LogP contribution in [0.15, 0.2) is 30.5 Å². The van der Waals surface area contributed by atoms with E-state index in [0.717, 1.165) is 30.0 Å². The van der Waals surface area contributed by atoms with Crippen molar-refractivity contribution in [2.45, 2.75) is 0 Å². The van der Waals surface area contributed by atoms with Crippen LogP contribution < -0.4 is 15.0 Å². The average molecular weight is 245 g/mol. The molecule has 0 radical (unpaired) electrons. The number of nitrogens with zero attached hydrogens (tertiary/aromatic N) is 2. The van der Waals surface area contributed by atoms with Crippen LogP contribution in [0, 0.1) is 0 Å². The van der Waals surface area contributed by atoms with Gasteiger partial charge < -0.3 is 15.0 Å². The number of likely N-dealkylation sites (N-methyl/N-ethyl adjacent to an activating group) is 2. The van der Waals surface area contributed by atoms with Crippen LogP contribution in [0.3, 0.4) is 0 Å². The summed E-state index contributed by atoms with van der Waals surface area (Å²) in [7, 11) is 5.69. The predicted octanol–water partition coefficient (Wildman–Crippen LogP) is 1.90. The fourth-order valence-electron chi connectivity index (χ4n) is 1.95. The molecule has 1 aromatic carbocycles. The molecule has 0 atom stereocenters. The minimum absolute atomic E-state index is 0.860. The van der Waals surface area contributed by atoms with Crippen LogP contribution in [0.4, 0.5) is 5.82 Å². The molecule has 0 saturated heterocycles. The molecule has 0 amide bonds. The Kier molecular flexibility index (Phi) is 3.99. The summed E-state index contributed by atoms with van der Waals surface area (Å²) in [6, 6.07) is 8.09. The van der Waals surface area contributed by atoms with E-state index in [1.807, 2.05) is 31.4 Å². The van der Waals surface area contributed by atoms with Crippen molar-refractivity contribution in [1.82, 2.24) is 10.3 Å². The van der Waals surface area contributed by atoms with E-state index in [1.165, 1.54) is 5.39 Å². The maximum Gasteiger partial charge on any atom is 0.136 e. The van der Waals surface area contributed by atoms with E-state index in [1.54, 1.807) is 7.11 Å². The fraction of sp³-hybridized carbons (Fsp3) is 0.357. The van der Waals surface area contributed by atoms with Gasteiger partial charge in [-0.1, -0.05) is 6.07 Å². The lowest BCUT2D eigenvalue weighted by molar-refractivity contribution is 0.415. The number of nitrogens with one attached hydrogen (secondary N) is 1. The van der Waals surface area contributed by atoms with Gasteiger partial charge in [-0.15, -0.1) is 0 Å². The van der Waals surface area contributed by atoms with Crippen LogP contribution in [0.5, 0.6) is 5.75 Å². The van der Waals surface area contributed by atoms with Gasteiger partial charge in [-0.3, -0.25) is 0 Å². The zero-order valence-electron chi connectivity index (χ0n) is 11.1. The first kappa shape index (κ1) is 12.6. The van der Waals surface area contributed by atoms with Gasteiger partial charge in [0.05, 0.1) is 7.11 Å². The summed E-state index contributed by atoms with van der Waals surface area (Å²) in [5.74, 6) is 1.85. The van der Waals surface area contributed by atoms with E-state index in [0.29, 0.717) is 0 Å². The van der Waals surface area contributed by atoms with E-state index in [9.17, 15) is 0 Å². The second-order valence-corrected chi connectivity index (χ2v) is 4.25. The molecule has 0 aliphatic carbocycles. The quantitative estimate of drug-likeness (QED) is 0.873. The summed E-state index contributed by atoms with van der Waals surface area (Å²) in [6.07, 6.45) is 1.85. The SMILES string of the molecule is CNCCN(C)c1nccc2ccc(OC)cc12. The molecule has 0 aliphatic rings. The first-order chi connectivity index (χ1) is 8.76. The predicted molar refractivity (Wildman–Crippen MR) is 75.5 cm³/mol. The molecule has 0 saturated carbocycles. The number of hydrogen-bond donors (Lipinski definition) is 1. The Balaban J connectivity index is 2.42. The minimum Gasteiger partial charge on any atom is -0.497 e. The molecule has 0 fully saturated rings. The number of benzene rings is 1. The highest BCUT2D eigenvalue weighted by molar-refractivity contribution is 5.93. The zero-order chi connectivity index (χ0) is 13.0. The molecule has 96 valence electrons. The number of aromatic nitrogens is 1. The Morgan fingerprint density at radius 3 is 2.89 bits per heavy atom. The highest BCUT2D eigenvalue weighted by Gasteiger charge is 2.08. The maximum absolute atomic E-state index is 5.28. The van der Waals surface area contributed by atoms with E-state index in [-0.39, 0.29) is 0 Å². The standard InChI is InChI=1S/C14H19N3O/c1-15-8-9-17(2)14-13-10-12(18-3)5-4-11(13)6-7-16-14/h4-7,10,15H,8-9H2,1-3H3. The summed E-state index contributed by atoms with van der Waals surface area (Å²) in [6.45, 7) is 1.85.